The second-order valence-electron chi connectivity index (χ2n) is 4.27. The van der Waals surface area contributed by atoms with Crippen LogP contribution in [0.2, 0.25) is 0 Å². The van der Waals surface area contributed by atoms with Crippen LogP contribution in [0.3, 0.4) is 0 Å². The Hall–Kier alpha value is -3.00. The molecule has 2 rings (SSSR count). The highest BCUT2D eigenvalue weighted by Crippen LogP contribution is 2.21. The number of nitrogens with two attached hydrogens (primary N) is 1. The molecule has 0 fully saturated rings. The number of carboxylic acid groups (broad SMARTS) is 1. The van der Waals surface area contributed by atoms with Gasteiger partial charge in [-0.3, -0.25) is 0 Å². The number of nitriles is 1. The zero-order chi connectivity index (χ0) is 14.5. The summed E-state index contributed by atoms with van der Waals surface area (Å²) in [6.45, 7) is 0.461. The second-order valence-corrected chi connectivity index (χ2v) is 4.27. The average molecular weight is 267 g/mol. The quantitative estimate of drug-likeness (QED) is 0.739. The summed E-state index contributed by atoms with van der Waals surface area (Å²) in [5, 5.41) is 20.9. The SMILES string of the molecule is N#Cc1cccc(CNc2cc(C(=O)O)ccc2N)c1. The molecule has 0 aliphatic rings. The molecule has 0 aromatic heterocycles. The third kappa shape index (κ3) is 3.06. The lowest BCUT2D eigenvalue weighted by atomic mass is 10.1. The Morgan fingerprint density at radius 3 is 2.80 bits per heavy atom. The Morgan fingerprint density at radius 2 is 2.10 bits per heavy atom. The Kier molecular flexibility index (Phi) is 3.87. The molecule has 5 nitrogen and oxygen atoms in total. The molecule has 0 amide bonds. The molecule has 0 heterocycles. The van der Waals surface area contributed by atoms with Gasteiger partial charge in [0.15, 0.2) is 0 Å². The number of hydrogen-bond donors (Lipinski definition) is 3. The zero-order valence-electron chi connectivity index (χ0n) is 10.6. The molecule has 0 saturated heterocycles. The van der Waals surface area contributed by atoms with E-state index in [1.165, 1.54) is 12.1 Å². The lowest BCUT2D eigenvalue weighted by Crippen LogP contribution is -2.05. The maximum absolute atomic E-state index is 10.9. The Labute approximate surface area is 116 Å². The van der Waals surface area contributed by atoms with Crippen molar-refractivity contribution in [2.75, 3.05) is 11.1 Å². The summed E-state index contributed by atoms with van der Waals surface area (Å²) in [6, 6.07) is 13.7. The summed E-state index contributed by atoms with van der Waals surface area (Å²) in [4.78, 5) is 10.9. The van der Waals surface area contributed by atoms with Crippen molar-refractivity contribution in [3.8, 4) is 6.07 Å². The minimum atomic E-state index is -1.00. The summed E-state index contributed by atoms with van der Waals surface area (Å²) < 4.78 is 0. The summed E-state index contributed by atoms with van der Waals surface area (Å²) in [7, 11) is 0. The fraction of sp³-hybridized carbons (Fsp3) is 0.0667. The van der Waals surface area contributed by atoms with E-state index < -0.39 is 5.97 Å². The van der Waals surface area contributed by atoms with Crippen molar-refractivity contribution >= 4 is 17.3 Å². The molecule has 0 aliphatic carbocycles. The van der Waals surface area contributed by atoms with Crippen LogP contribution in [0.15, 0.2) is 42.5 Å². The average Bonchev–Trinajstić information content (AvgIpc) is 2.46. The lowest BCUT2D eigenvalue weighted by molar-refractivity contribution is 0.0697. The zero-order valence-corrected chi connectivity index (χ0v) is 10.6. The normalized spacial score (nSPS) is 9.75. The topological polar surface area (TPSA) is 99.1 Å². The van der Waals surface area contributed by atoms with E-state index in [-0.39, 0.29) is 5.56 Å². The first kappa shape index (κ1) is 13.4. The fourth-order valence-corrected chi connectivity index (χ4v) is 1.79. The van der Waals surface area contributed by atoms with Crippen LogP contribution in [0.1, 0.15) is 21.5 Å². The van der Waals surface area contributed by atoms with E-state index in [2.05, 4.69) is 11.4 Å². The van der Waals surface area contributed by atoms with Crippen LogP contribution >= 0.6 is 0 Å². The molecular weight excluding hydrogens is 254 g/mol. The summed E-state index contributed by atoms with van der Waals surface area (Å²) in [5.41, 5.74) is 8.52. The van der Waals surface area contributed by atoms with Gasteiger partial charge in [-0.2, -0.15) is 5.26 Å². The highest BCUT2D eigenvalue weighted by molar-refractivity contribution is 5.90. The van der Waals surface area contributed by atoms with Gasteiger partial charge in [0.1, 0.15) is 0 Å². The molecule has 20 heavy (non-hydrogen) atoms. The van der Waals surface area contributed by atoms with Gasteiger partial charge in [0.2, 0.25) is 0 Å². The highest BCUT2D eigenvalue weighted by atomic mass is 16.4. The van der Waals surface area contributed by atoms with Gasteiger partial charge < -0.3 is 16.2 Å². The number of carbonyl (C=O) groups is 1. The van der Waals surface area contributed by atoms with E-state index in [0.717, 1.165) is 5.56 Å². The maximum Gasteiger partial charge on any atom is 0.335 e. The molecule has 100 valence electrons. The van der Waals surface area contributed by atoms with Gasteiger partial charge in [-0.25, -0.2) is 4.79 Å². The van der Waals surface area contributed by atoms with Gasteiger partial charge in [-0.1, -0.05) is 12.1 Å². The molecule has 2 aromatic rings. The van der Waals surface area contributed by atoms with Crippen molar-refractivity contribution < 1.29 is 9.90 Å². The summed E-state index contributed by atoms with van der Waals surface area (Å²) in [5.74, 6) is -1.00. The van der Waals surface area contributed by atoms with Crippen LogP contribution in [0.25, 0.3) is 0 Å². The molecule has 5 heteroatoms. The van der Waals surface area contributed by atoms with Crippen LogP contribution in [0.5, 0.6) is 0 Å². The Bertz CT molecular complexity index is 690. The van der Waals surface area contributed by atoms with Crippen molar-refractivity contribution in [2.24, 2.45) is 0 Å². The van der Waals surface area contributed by atoms with Gasteiger partial charge in [-0.15, -0.1) is 0 Å². The number of rotatable bonds is 4. The Balaban J connectivity index is 2.16. The van der Waals surface area contributed by atoms with Gasteiger partial charge >= 0.3 is 5.97 Å². The van der Waals surface area contributed by atoms with Gasteiger partial charge in [0.05, 0.1) is 28.6 Å². The number of hydrogen-bond acceptors (Lipinski definition) is 4. The molecule has 0 spiro atoms. The van der Waals surface area contributed by atoms with E-state index in [0.29, 0.717) is 23.5 Å². The minimum Gasteiger partial charge on any atom is -0.478 e. The molecule has 4 N–H and O–H groups in total. The first-order valence-corrected chi connectivity index (χ1v) is 5.96. The predicted molar refractivity (Wildman–Crippen MR) is 76.3 cm³/mol. The number of benzene rings is 2. The second kappa shape index (κ2) is 5.76. The van der Waals surface area contributed by atoms with Gasteiger partial charge in [-0.05, 0) is 35.9 Å². The number of anilines is 2. The fourth-order valence-electron chi connectivity index (χ4n) is 1.79. The van der Waals surface area contributed by atoms with Crippen LogP contribution in [-0.4, -0.2) is 11.1 Å². The number of nitrogens with zero attached hydrogens (tertiary/aromatic N) is 1. The van der Waals surface area contributed by atoms with Crippen LogP contribution < -0.4 is 11.1 Å². The van der Waals surface area contributed by atoms with Crippen LogP contribution in [0, 0.1) is 11.3 Å². The van der Waals surface area contributed by atoms with Crippen molar-refractivity contribution in [3.63, 3.8) is 0 Å². The first-order chi connectivity index (χ1) is 9.60. The third-order valence-corrected chi connectivity index (χ3v) is 2.84. The molecule has 0 unspecified atom stereocenters. The van der Waals surface area contributed by atoms with E-state index in [1.54, 1.807) is 24.3 Å². The van der Waals surface area contributed by atoms with E-state index >= 15 is 0 Å². The molecule has 2 aromatic carbocycles. The number of carboxylic acids is 1. The first-order valence-electron chi connectivity index (χ1n) is 5.96. The number of nitrogen functional groups attached to an aromatic ring is 1. The molecule has 0 saturated carbocycles. The van der Waals surface area contributed by atoms with E-state index in [1.807, 2.05) is 6.07 Å². The molecule has 0 aliphatic heterocycles. The van der Waals surface area contributed by atoms with Crippen molar-refractivity contribution in [3.05, 3.63) is 59.2 Å². The van der Waals surface area contributed by atoms with Crippen LogP contribution in [-0.2, 0) is 6.54 Å². The van der Waals surface area contributed by atoms with Crippen LogP contribution in [0.4, 0.5) is 11.4 Å². The summed E-state index contributed by atoms with van der Waals surface area (Å²) >= 11 is 0. The largest absolute Gasteiger partial charge is 0.478 e. The monoisotopic (exact) mass is 267 g/mol. The van der Waals surface area contributed by atoms with Crippen molar-refractivity contribution in [1.82, 2.24) is 0 Å². The third-order valence-electron chi connectivity index (χ3n) is 2.84. The maximum atomic E-state index is 10.9. The predicted octanol–water partition coefficient (Wildman–Crippen LogP) is 2.45. The number of aromatic carboxylic acids is 1. The van der Waals surface area contributed by atoms with Gasteiger partial charge in [0.25, 0.3) is 0 Å². The van der Waals surface area contributed by atoms with Gasteiger partial charge in [0, 0.05) is 6.54 Å². The minimum absolute atomic E-state index is 0.174. The smallest absolute Gasteiger partial charge is 0.335 e. The lowest BCUT2D eigenvalue weighted by Gasteiger charge is -2.10. The molecule has 0 bridgehead atoms. The van der Waals surface area contributed by atoms with Crippen molar-refractivity contribution in [1.29, 1.82) is 5.26 Å². The molecule has 0 radical (unpaired) electrons. The molecule has 0 atom stereocenters. The summed E-state index contributed by atoms with van der Waals surface area (Å²) in [6.07, 6.45) is 0. The Morgan fingerprint density at radius 1 is 1.30 bits per heavy atom. The van der Waals surface area contributed by atoms with Crippen molar-refractivity contribution in [2.45, 2.75) is 6.54 Å². The van der Waals surface area contributed by atoms with E-state index in [4.69, 9.17) is 16.1 Å². The molecular formula is C15H13N3O2. The van der Waals surface area contributed by atoms with E-state index in [9.17, 15) is 4.79 Å². The highest BCUT2D eigenvalue weighted by Gasteiger charge is 2.06. The standard InChI is InChI=1S/C15H13N3O2/c16-8-10-2-1-3-11(6-10)9-18-14-7-12(15(19)20)4-5-13(14)17/h1-7,18H,9,17H2,(H,19,20). The number of nitrogens with one attached hydrogen (secondary N) is 1.